The quantitative estimate of drug-likeness (QED) is 0.649. The number of nitrogens with one attached hydrogen (secondary N) is 1. The van der Waals surface area contributed by atoms with Gasteiger partial charge in [0.25, 0.3) is 0 Å². The summed E-state index contributed by atoms with van der Waals surface area (Å²) in [6.07, 6.45) is 5.86. The number of nitrogens with zero attached hydrogens (tertiary/aromatic N) is 2. The minimum atomic E-state index is -0.297. The average molecular weight is 398 g/mol. The monoisotopic (exact) mass is 397 g/mol. The molecule has 1 aliphatic heterocycles. The van der Waals surface area contributed by atoms with Crippen molar-refractivity contribution in [3.63, 3.8) is 0 Å². The van der Waals surface area contributed by atoms with Crippen LogP contribution in [0, 0.1) is 0 Å². The fourth-order valence-electron chi connectivity index (χ4n) is 3.28. The van der Waals surface area contributed by atoms with E-state index in [-0.39, 0.29) is 12.0 Å². The number of imidazole rings is 1. The molecule has 0 aliphatic carbocycles. The van der Waals surface area contributed by atoms with Gasteiger partial charge in [-0.15, -0.1) is 0 Å². The summed E-state index contributed by atoms with van der Waals surface area (Å²) in [5.74, 6) is 1.11. The molecule has 1 amide bonds. The molecular formula is C21H20ClN3O3. The minimum absolute atomic E-state index is 0.118. The Kier molecular flexibility index (Phi) is 4.96. The van der Waals surface area contributed by atoms with Crippen molar-refractivity contribution in [2.45, 2.75) is 26.4 Å². The van der Waals surface area contributed by atoms with E-state index in [1.165, 1.54) is 6.08 Å². The molecule has 3 heterocycles. The lowest BCUT2D eigenvalue weighted by Gasteiger charge is -2.12. The molecule has 0 saturated heterocycles. The molecule has 1 unspecified atom stereocenters. The number of carbonyl (C=O) groups excluding carboxylic acids is 1. The predicted octanol–water partition coefficient (Wildman–Crippen LogP) is 4.36. The molecule has 144 valence electrons. The standard InChI is InChI=1S/C21H20ClN3O3/c1-3-27-18-11-14-10-13(2)28-17(14)12-15(18)23-20(26)8-7-16-21(22)24-19-6-4-5-9-25(16)19/h4-9,11-13H,3,10H2,1-2H3,(H,23,26)/b8-7+. The number of aromatic nitrogens is 2. The summed E-state index contributed by atoms with van der Waals surface area (Å²) in [5.41, 5.74) is 3.02. The summed E-state index contributed by atoms with van der Waals surface area (Å²) in [7, 11) is 0. The Morgan fingerprint density at radius 3 is 3.14 bits per heavy atom. The van der Waals surface area contributed by atoms with Crippen molar-refractivity contribution in [1.82, 2.24) is 9.38 Å². The second-order valence-corrected chi connectivity index (χ2v) is 6.92. The highest BCUT2D eigenvalue weighted by Crippen LogP contribution is 2.38. The summed E-state index contributed by atoms with van der Waals surface area (Å²) in [6.45, 7) is 4.43. The lowest BCUT2D eigenvalue weighted by Crippen LogP contribution is -2.10. The van der Waals surface area contributed by atoms with Gasteiger partial charge in [0.05, 0.1) is 18.0 Å². The van der Waals surface area contributed by atoms with E-state index in [2.05, 4.69) is 10.3 Å². The van der Waals surface area contributed by atoms with Crippen molar-refractivity contribution in [2.24, 2.45) is 0 Å². The Hall–Kier alpha value is -2.99. The van der Waals surface area contributed by atoms with Crippen LogP contribution >= 0.6 is 11.6 Å². The molecule has 3 aromatic rings. The summed E-state index contributed by atoms with van der Waals surface area (Å²) >= 11 is 6.20. The highest BCUT2D eigenvalue weighted by atomic mass is 35.5. The zero-order chi connectivity index (χ0) is 19.7. The van der Waals surface area contributed by atoms with Gasteiger partial charge in [0, 0.05) is 30.3 Å². The number of carbonyl (C=O) groups is 1. The number of rotatable bonds is 5. The Balaban J connectivity index is 1.57. The maximum Gasteiger partial charge on any atom is 0.248 e. The van der Waals surface area contributed by atoms with Gasteiger partial charge in [-0.1, -0.05) is 17.7 Å². The van der Waals surface area contributed by atoms with Crippen molar-refractivity contribution in [2.75, 3.05) is 11.9 Å². The molecule has 7 heteroatoms. The zero-order valence-electron chi connectivity index (χ0n) is 15.6. The van der Waals surface area contributed by atoms with Crippen molar-refractivity contribution >= 4 is 34.9 Å². The molecular weight excluding hydrogens is 378 g/mol. The highest BCUT2D eigenvalue weighted by molar-refractivity contribution is 6.31. The summed E-state index contributed by atoms with van der Waals surface area (Å²) in [5, 5.41) is 3.20. The van der Waals surface area contributed by atoms with Crippen LogP contribution in [0.25, 0.3) is 11.7 Å². The van der Waals surface area contributed by atoms with Crippen LogP contribution in [0.1, 0.15) is 25.1 Å². The molecule has 0 fully saturated rings. The van der Waals surface area contributed by atoms with Crippen LogP contribution in [0.4, 0.5) is 5.69 Å². The molecule has 1 N–H and O–H groups in total. The molecule has 2 aromatic heterocycles. The molecule has 1 aliphatic rings. The van der Waals surface area contributed by atoms with Crippen LogP contribution < -0.4 is 14.8 Å². The van der Waals surface area contributed by atoms with Crippen LogP contribution in [-0.2, 0) is 11.2 Å². The van der Waals surface area contributed by atoms with E-state index in [9.17, 15) is 4.79 Å². The number of benzene rings is 1. The molecule has 0 radical (unpaired) electrons. The number of amides is 1. The Morgan fingerprint density at radius 2 is 2.32 bits per heavy atom. The van der Waals surface area contributed by atoms with Gasteiger partial charge in [-0.05, 0) is 38.1 Å². The van der Waals surface area contributed by atoms with Crippen LogP contribution in [0.2, 0.25) is 5.15 Å². The van der Waals surface area contributed by atoms with E-state index in [1.807, 2.05) is 54.8 Å². The smallest absolute Gasteiger partial charge is 0.248 e. The van der Waals surface area contributed by atoms with Crippen LogP contribution in [0.15, 0.2) is 42.6 Å². The first-order chi connectivity index (χ1) is 13.5. The van der Waals surface area contributed by atoms with Gasteiger partial charge < -0.3 is 14.8 Å². The van der Waals surface area contributed by atoms with E-state index in [1.54, 1.807) is 6.08 Å². The first-order valence-corrected chi connectivity index (χ1v) is 9.51. The SMILES string of the molecule is CCOc1cc2c(cc1NC(=O)/C=C/c1c(Cl)nc3ccccn13)OC(C)C2. The van der Waals surface area contributed by atoms with E-state index < -0.39 is 0 Å². The fraction of sp³-hybridized carbons (Fsp3) is 0.238. The van der Waals surface area contributed by atoms with Crippen molar-refractivity contribution in [3.8, 4) is 11.5 Å². The molecule has 28 heavy (non-hydrogen) atoms. The Morgan fingerprint density at radius 1 is 1.46 bits per heavy atom. The number of hydrogen-bond acceptors (Lipinski definition) is 4. The van der Waals surface area contributed by atoms with E-state index >= 15 is 0 Å². The number of ether oxygens (including phenoxy) is 2. The number of hydrogen-bond donors (Lipinski definition) is 1. The predicted molar refractivity (Wildman–Crippen MR) is 109 cm³/mol. The van der Waals surface area contributed by atoms with Crippen LogP contribution in [0.5, 0.6) is 11.5 Å². The van der Waals surface area contributed by atoms with E-state index in [4.69, 9.17) is 21.1 Å². The second kappa shape index (κ2) is 7.56. The molecule has 0 saturated carbocycles. The average Bonchev–Trinajstić information content (AvgIpc) is 3.18. The fourth-order valence-corrected chi connectivity index (χ4v) is 3.52. The summed E-state index contributed by atoms with van der Waals surface area (Å²) in [4.78, 5) is 16.8. The maximum absolute atomic E-state index is 12.5. The van der Waals surface area contributed by atoms with Crippen LogP contribution in [0.3, 0.4) is 0 Å². The van der Waals surface area contributed by atoms with Gasteiger partial charge in [0.15, 0.2) is 5.15 Å². The van der Waals surface area contributed by atoms with Crippen molar-refractivity contribution < 1.29 is 14.3 Å². The number of fused-ring (bicyclic) bond motifs is 2. The summed E-state index contributed by atoms with van der Waals surface area (Å²) in [6, 6.07) is 9.36. The molecule has 1 atom stereocenters. The number of halogens is 1. The van der Waals surface area contributed by atoms with E-state index in [0.29, 0.717) is 28.9 Å². The molecule has 0 bridgehead atoms. The largest absolute Gasteiger partial charge is 0.492 e. The molecule has 0 spiro atoms. The topological polar surface area (TPSA) is 64.9 Å². The third-order valence-electron chi connectivity index (χ3n) is 4.47. The maximum atomic E-state index is 12.5. The van der Waals surface area contributed by atoms with Gasteiger partial charge in [0.1, 0.15) is 23.3 Å². The minimum Gasteiger partial charge on any atom is -0.492 e. The normalized spacial score (nSPS) is 15.6. The first kappa shape index (κ1) is 18.4. The van der Waals surface area contributed by atoms with E-state index in [0.717, 1.165) is 23.4 Å². The zero-order valence-corrected chi connectivity index (χ0v) is 16.4. The first-order valence-electron chi connectivity index (χ1n) is 9.13. The van der Waals surface area contributed by atoms with Crippen molar-refractivity contribution in [3.05, 3.63) is 59.0 Å². The molecule has 6 nitrogen and oxygen atoms in total. The lowest BCUT2D eigenvalue weighted by atomic mass is 10.1. The second-order valence-electron chi connectivity index (χ2n) is 6.56. The van der Waals surface area contributed by atoms with Gasteiger partial charge in [-0.3, -0.25) is 9.20 Å². The third-order valence-corrected chi connectivity index (χ3v) is 4.75. The highest BCUT2D eigenvalue weighted by Gasteiger charge is 2.22. The van der Waals surface area contributed by atoms with Gasteiger partial charge >= 0.3 is 0 Å². The lowest BCUT2D eigenvalue weighted by molar-refractivity contribution is -0.111. The van der Waals surface area contributed by atoms with Gasteiger partial charge in [-0.2, -0.15) is 0 Å². The van der Waals surface area contributed by atoms with Crippen molar-refractivity contribution in [1.29, 1.82) is 0 Å². The summed E-state index contributed by atoms with van der Waals surface area (Å²) < 4.78 is 13.3. The number of pyridine rings is 1. The third kappa shape index (κ3) is 3.55. The molecule has 1 aromatic carbocycles. The Labute approximate surface area is 167 Å². The van der Waals surface area contributed by atoms with Crippen LogP contribution in [-0.4, -0.2) is 28.0 Å². The Bertz CT molecular complexity index is 1070. The van der Waals surface area contributed by atoms with Gasteiger partial charge in [-0.25, -0.2) is 4.98 Å². The molecule has 4 rings (SSSR count). The van der Waals surface area contributed by atoms with Gasteiger partial charge in [0.2, 0.25) is 5.91 Å². The number of anilines is 1.